The average Bonchev–Trinajstić information content (AvgIpc) is 2.53. The van der Waals surface area contributed by atoms with Gasteiger partial charge in [0.1, 0.15) is 5.25 Å². The van der Waals surface area contributed by atoms with Crippen LogP contribution in [0.3, 0.4) is 0 Å². The van der Waals surface area contributed by atoms with E-state index in [-0.39, 0.29) is 23.6 Å². The van der Waals surface area contributed by atoms with E-state index in [1.165, 1.54) is 11.1 Å². The number of rotatable bonds is 6. The highest BCUT2D eigenvalue weighted by molar-refractivity contribution is 8.00. The van der Waals surface area contributed by atoms with Crippen LogP contribution in [0.1, 0.15) is 21.9 Å². The molecule has 1 heterocycles. The first kappa shape index (κ1) is 19.8. The largest absolute Gasteiger partial charge is 0.354 e. The quantitative estimate of drug-likeness (QED) is 0.751. The fourth-order valence-electron chi connectivity index (χ4n) is 2.79. The van der Waals surface area contributed by atoms with Crippen LogP contribution in [0, 0.1) is 19.8 Å². The second kappa shape index (κ2) is 9.27. The average molecular weight is 377 g/mol. The number of benzene rings is 2. The zero-order valence-corrected chi connectivity index (χ0v) is 16.3. The summed E-state index contributed by atoms with van der Waals surface area (Å²) in [7, 11) is 0. The summed E-state index contributed by atoms with van der Waals surface area (Å²) in [6.45, 7) is 6.95. The van der Waals surface area contributed by atoms with E-state index in [0.717, 1.165) is 30.1 Å². The molecule has 3 nitrogen and oxygen atoms in total. The maximum atomic E-state index is 12.8. The van der Waals surface area contributed by atoms with E-state index in [1.807, 2.05) is 30.3 Å². The number of thioether (sulfide) groups is 1. The standard InChI is InChI=1S/C20H24N2OS.ClH/c1-14-8-9-18(15(2)10-14)24-19(17-6-4-3-5-7-17)20(23)22-13-16-11-21-12-16;/h3-10,16,19,21H,11-13H2,1-2H3,(H,22,23);1H. The van der Waals surface area contributed by atoms with Crippen molar-refractivity contribution in [1.29, 1.82) is 0 Å². The molecule has 134 valence electrons. The van der Waals surface area contributed by atoms with E-state index < -0.39 is 0 Å². The van der Waals surface area contributed by atoms with Gasteiger partial charge in [-0.1, -0.05) is 48.0 Å². The van der Waals surface area contributed by atoms with Crippen LogP contribution < -0.4 is 10.6 Å². The number of hydrogen-bond acceptors (Lipinski definition) is 3. The van der Waals surface area contributed by atoms with Gasteiger partial charge < -0.3 is 10.6 Å². The van der Waals surface area contributed by atoms with Gasteiger partial charge in [0.15, 0.2) is 0 Å². The van der Waals surface area contributed by atoms with Crippen molar-refractivity contribution in [1.82, 2.24) is 10.6 Å². The molecule has 2 aromatic carbocycles. The smallest absolute Gasteiger partial charge is 0.238 e. The molecule has 1 aliphatic heterocycles. The highest BCUT2D eigenvalue weighted by Gasteiger charge is 2.24. The van der Waals surface area contributed by atoms with Crippen molar-refractivity contribution in [2.75, 3.05) is 19.6 Å². The van der Waals surface area contributed by atoms with E-state index in [2.05, 4.69) is 42.7 Å². The van der Waals surface area contributed by atoms with Crippen LogP contribution in [0.2, 0.25) is 0 Å². The molecular weight excluding hydrogens is 352 g/mol. The number of amides is 1. The third kappa shape index (κ3) is 5.24. The molecule has 1 amide bonds. The van der Waals surface area contributed by atoms with Crippen molar-refractivity contribution in [3.8, 4) is 0 Å². The summed E-state index contributed by atoms with van der Waals surface area (Å²) < 4.78 is 0. The first-order valence-corrected chi connectivity index (χ1v) is 9.29. The number of aryl methyl sites for hydroxylation is 2. The Hall–Kier alpha value is -1.49. The summed E-state index contributed by atoms with van der Waals surface area (Å²) in [6, 6.07) is 16.4. The van der Waals surface area contributed by atoms with Gasteiger partial charge in [0, 0.05) is 30.4 Å². The first-order chi connectivity index (χ1) is 11.6. The van der Waals surface area contributed by atoms with Crippen LogP contribution in [-0.2, 0) is 4.79 Å². The van der Waals surface area contributed by atoms with E-state index in [4.69, 9.17) is 0 Å². The number of carbonyl (C=O) groups excluding carboxylic acids is 1. The predicted molar refractivity (Wildman–Crippen MR) is 108 cm³/mol. The van der Waals surface area contributed by atoms with Gasteiger partial charge >= 0.3 is 0 Å². The summed E-state index contributed by atoms with van der Waals surface area (Å²) in [6.07, 6.45) is 0. The second-order valence-electron chi connectivity index (χ2n) is 6.45. The molecule has 5 heteroatoms. The highest BCUT2D eigenvalue weighted by atomic mass is 35.5. The third-order valence-corrected chi connectivity index (χ3v) is 5.78. The Morgan fingerprint density at radius 2 is 1.92 bits per heavy atom. The van der Waals surface area contributed by atoms with Gasteiger partial charge in [-0.2, -0.15) is 0 Å². The molecular formula is C20H25ClN2OS. The molecule has 1 unspecified atom stereocenters. The normalized spacial score (nSPS) is 15.0. The maximum Gasteiger partial charge on any atom is 0.238 e. The SMILES string of the molecule is Cc1ccc(SC(C(=O)NCC2CNC2)c2ccccc2)c(C)c1.Cl. The molecule has 3 rings (SSSR count). The Kier molecular flexibility index (Phi) is 7.36. The van der Waals surface area contributed by atoms with E-state index in [1.54, 1.807) is 11.8 Å². The summed E-state index contributed by atoms with van der Waals surface area (Å²) in [5.74, 6) is 0.662. The van der Waals surface area contributed by atoms with Crippen LogP contribution >= 0.6 is 24.2 Å². The molecule has 0 aliphatic carbocycles. The molecule has 0 spiro atoms. The lowest BCUT2D eigenvalue weighted by Crippen LogP contribution is -2.48. The second-order valence-corrected chi connectivity index (χ2v) is 7.59. The monoisotopic (exact) mass is 376 g/mol. The minimum absolute atomic E-state index is 0. The summed E-state index contributed by atoms with van der Waals surface area (Å²) in [5, 5.41) is 6.15. The van der Waals surface area contributed by atoms with Crippen molar-refractivity contribution < 1.29 is 4.79 Å². The molecule has 0 aromatic heterocycles. The molecule has 1 atom stereocenters. The van der Waals surface area contributed by atoms with Crippen molar-refractivity contribution in [3.63, 3.8) is 0 Å². The van der Waals surface area contributed by atoms with E-state index in [9.17, 15) is 4.79 Å². The Labute approximate surface area is 160 Å². The van der Waals surface area contributed by atoms with Gasteiger partial charge in [-0.05, 0) is 31.0 Å². The zero-order chi connectivity index (χ0) is 16.9. The Morgan fingerprint density at radius 1 is 1.20 bits per heavy atom. The molecule has 0 saturated carbocycles. The Balaban J connectivity index is 0.00000225. The summed E-state index contributed by atoms with van der Waals surface area (Å²) >= 11 is 1.63. The first-order valence-electron chi connectivity index (χ1n) is 8.41. The highest BCUT2D eigenvalue weighted by Crippen LogP contribution is 2.37. The lowest BCUT2D eigenvalue weighted by molar-refractivity contribution is -0.120. The summed E-state index contributed by atoms with van der Waals surface area (Å²) in [5.41, 5.74) is 3.51. The lowest BCUT2D eigenvalue weighted by Gasteiger charge is -2.28. The van der Waals surface area contributed by atoms with Crippen LogP contribution in [0.15, 0.2) is 53.4 Å². The van der Waals surface area contributed by atoms with Crippen LogP contribution in [0.5, 0.6) is 0 Å². The van der Waals surface area contributed by atoms with Crippen molar-refractivity contribution in [3.05, 3.63) is 65.2 Å². The third-order valence-electron chi connectivity index (χ3n) is 4.35. The lowest BCUT2D eigenvalue weighted by atomic mass is 10.0. The van der Waals surface area contributed by atoms with Gasteiger partial charge in [-0.25, -0.2) is 0 Å². The maximum absolute atomic E-state index is 12.8. The van der Waals surface area contributed by atoms with Gasteiger partial charge in [0.25, 0.3) is 0 Å². The molecule has 0 radical (unpaired) electrons. The molecule has 2 N–H and O–H groups in total. The minimum atomic E-state index is -0.222. The Morgan fingerprint density at radius 3 is 2.52 bits per heavy atom. The molecule has 0 bridgehead atoms. The number of hydrogen-bond donors (Lipinski definition) is 2. The van der Waals surface area contributed by atoms with E-state index in [0.29, 0.717) is 5.92 Å². The fourth-order valence-corrected chi connectivity index (χ4v) is 3.92. The predicted octanol–water partition coefficient (Wildman–Crippen LogP) is 3.89. The number of halogens is 1. The fraction of sp³-hybridized carbons (Fsp3) is 0.350. The van der Waals surface area contributed by atoms with Crippen molar-refractivity contribution in [2.45, 2.75) is 24.0 Å². The zero-order valence-electron chi connectivity index (χ0n) is 14.6. The van der Waals surface area contributed by atoms with Gasteiger partial charge in [0.2, 0.25) is 5.91 Å². The number of nitrogens with one attached hydrogen (secondary N) is 2. The Bertz CT molecular complexity index is 704. The van der Waals surface area contributed by atoms with Gasteiger partial charge in [-0.15, -0.1) is 24.2 Å². The molecule has 1 fully saturated rings. The van der Waals surface area contributed by atoms with Crippen LogP contribution in [0.25, 0.3) is 0 Å². The van der Waals surface area contributed by atoms with Crippen LogP contribution in [0.4, 0.5) is 0 Å². The molecule has 1 aliphatic rings. The van der Waals surface area contributed by atoms with Gasteiger partial charge in [0.05, 0.1) is 0 Å². The molecule has 1 saturated heterocycles. The van der Waals surface area contributed by atoms with Gasteiger partial charge in [-0.3, -0.25) is 4.79 Å². The summed E-state index contributed by atoms with van der Waals surface area (Å²) in [4.78, 5) is 14.0. The minimum Gasteiger partial charge on any atom is -0.354 e. The topological polar surface area (TPSA) is 41.1 Å². The molecule has 25 heavy (non-hydrogen) atoms. The van der Waals surface area contributed by atoms with Crippen LogP contribution in [-0.4, -0.2) is 25.5 Å². The van der Waals surface area contributed by atoms with E-state index >= 15 is 0 Å². The van der Waals surface area contributed by atoms with Crippen molar-refractivity contribution in [2.24, 2.45) is 5.92 Å². The van der Waals surface area contributed by atoms with Crippen molar-refractivity contribution >= 4 is 30.1 Å². The number of carbonyl (C=O) groups is 1. The molecule has 2 aromatic rings.